The number of nitrogens with zero attached hydrogens (tertiary/aromatic N) is 2. The van der Waals surface area contributed by atoms with Crippen molar-refractivity contribution in [3.8, 4) is 45.5 Å². The second kappa shape index (κ2) is 11.5. The van der Waals surface area contributed by atoms with Gasteiger partial charge in [-0.1, -0.05) is 30.3 Å². The molecule has 0 bridgehead atoms. The summed E-state index contributed by atoms with van der Waals surface area (Å²) in [5.74, 6) is 0.738. The van der Waals surface area contributed by atoms with Crippen LogP contribution in [0.2, 0.25) is 0 Å². The molecule has 9 heteroatoms. The molecule has 0 radical (unpaired) electrons. The van der Waals surface area contributed by atoms with Crippen molar-refractivity contribution in [3.63, 3.8) is 0 Å². The van der Waals surface area contributed by atoms with Crippen LogP contribution in [0, 0.1) is 6.92 Å². The number of aryl methyl sites for hydroxylation is 1. The summed E-state index contributed by atoms with van der Waals surface area (Å²) in [6.45, 7) is 3.34. The zero-order valence-corrected chi connectivity index (χ0v) is 23.2. The molecular weight excluding hydrogens is 526 g/mol. The molecule has 0 fully saturated rings. The largest absolute Gasteiger partial charge is 0.493 e. The summed E-state index contributed by atoms with van der Waals surface area (Å²) in [6, 6.07) is 24.2. The van der Waals surface area contributed by atoms with Crippen LogP contribution in [-0.4, -0.2) is 35.9 Å². The van der Waals surface area contributed by atoms with Gasteiger partial charge in [0.25, 0.3) is 5.91 Å². The fourth-order valence-corrected chi connectivity index (χ4v) is 4.95. The van der Waals surface area contributed by atoms with Crippen LogP contribution in [-0.2, 0) is 4.79 Å². The van der Waals surface area contributed by atoms with E-state index < -0.39 is 5.97 Å². The zero-order chi connectivity index (χ0) is 28.2. The lowest BCUT2D eigenvalue weighted by molar-refractivity contribution is -0.132. The van der Waals surface area contributed by atoms with Crippen molar-refractivity contribution in [2.75, 3.05) is 19.5 Å². The van der Waals surface area contributed by atoms with E-state index in [9.17, 15) is 9.59 Å². The highest BCUT2D eigenvalue weighted by Crippen LogP contribution is 2.43. The van der Waals surface area contributed by atoms with E-state index in [0.29, 0.717) is 33.3 Å². The first-order valence-corrected chi connectivity index (χ1v) is 13.3. The van der Waals surface area contributed by atoms with Gasteiger partial charge in [0.1, 0.15) is 5.69 Å². The number of nitrogens with one attached hydrogen (secondary N) is 1. The van der Waals surface area contributed by atoms with E-state index in [2.05, 4.69) is 5.32 Å². The Bertz CT molecular complexity index is 1670. The summed E-state index contributed by atoms with van der Waals surface area (Å²) in [5, 5.41) is 9.70. The van der Waals surface area contributed by atoms with Crippen LogP contribution in [0.3, 0.4) is 0 Å². The van der Waals surface area contributed by atoms with Crippen LogP contribution >= 0.6 is 11.3 Å². The summed E-state index contributed by atoms with van der Waals surface area (Å²) in [7, 11) is 3.15. The number of thiophene rings is 1. The summed E-state index contributed by atoms with van der Waals surface area (Å²) < 4.78 is 18.4. The lowest BCUT2D eigenvalue weighted by atomic mass is 10.0. The maximum atomic E-state index is 12.6. The first-order chi connectivity index (χ1) is 19.4. The molecule has 0 atom stereocenters. The minimum absolute atomic E-state index is 0.179. The lowest BCUT2D eigenvalue weighted by Crippen LogP contribution is -2.10. The summed E-state index contributed by atoms with van der Waals surface area (Å²) in [6.07, 6.45) is 0. The van der Waals surface area contributed by atoms with Gasteiger partial charge in [-0.2, -0.15) is 9.78 Å². The van der Waals surface area contributed by atoms with Crippen LogP contribution < -0.4 is 19.5 Å². The Morgan fingerprint density at radius 3 is 2.27 bits per heavy atom. The molecule has 0 spiro atoms. The van der Waals surface area contributed by atoms with Crippen LogP contribution in [0.1, 0.15) is 22.2 Å². The average molecular weight is 554 g/mol. The average Bonchev–Trinajstić information content (AvgIpc) is 3.62. The van der Waals surface area contributed by atoms with Gasteiger partial charge in [0, 0.05) is 18.2 Å². The SMILES string of the molecule is COc1ccc(-c2nn(-c3cccc(C)c3)c(OC(C)=O)c2-c2ccc(NC(=O)c3cccs3)cc2)cc1OC. The number of methoxy groups -OCH3 is 2. The van der Waals surface area contributed by atoms with Crippen LogP contribution in [0.4, 0.5) is 5.69 Å². The van der Waals surface area contributed by atoms with E-state index in [4.69, 9.17) is 19.3 Å². The van der Waals surface area contributed by atoms with Crippen molar-refractivity contribution < 1.29 is 23.8 Å². The monoisotopic (exact) mass is 553 g/mol. The molecule has 0 aliphatic rings. The molecule has 1 N–H and O–H groups in total. The molecule has 5 aromatic rings. The molecule has 8 nitrogen and oxygen atoms in total. The smallest absolute Gasteiger partial charge is 0.309 e. The molecule has 0 aliphatic heterocycles. The molecule has 40 heavy (non-hydrogen) atoms. The summed E-state index contributed by atoms with van der Waals surface area (Å²) >= 11 is 1.37. The quantitative estimate of drug-likeness (QED) is 0.213. The minimum Gasteiger partial charge on any atom is -0.493 e. The minimum atomic E-state index is -0.478. The second-order valence-electron chi connectivity index (χ2n) is 8.95. The maximum Gasteiger partial charge on any atom is 0.309 e. The number of hydrogen-bond donors (Lipinski definition) is 1. The van der Waals surface area contributed by atoms with Crippen LogP contribution in [0.5, 0.6) is 17.4 Å². The molecule has 2 aromatic heterocycles. The van der Waals surface area contributed by atoms with Gasteiger partial charge < -0.3 is 19.5 Å². The standard InChI is InChI=1S/C31H27N3O5S/c1-19-7-5-8-24(17-19)34-31(39-20(2)35)28(29(33-34)22-12-15-25(37-3)26(18-22)38-4)21-10-13-23(14-11-21)32-30(36)27-9-6-16-40-27/h5-18H,1-4H3,(H,32,36). The number of rotatable bonds is 8. The molecule has 3 aromatic carbocycles. The number of hydrogen-bond acceptors (Lipinski definition) is 7. The summed E-state index contributed by atoms with van der Waals surface area (Å²) in [4.78, 5) is 25.5. The first-order valence-electron chi connectivity index (χ1n) is 12.4. The third kappa shape index (κ3) is 5.45. The first kappa shape index (κ1) is 26.7. The van der Waals surface area contributed by atoms with Gasteiger partial charge in [0.2, 0.25) is 5.88 Å². The highest BCUT2D eigenvalue weighted by molar-refractivity contribution is 7.12. The Balaban J connectivity index is 1.67. The number of benzene rings is 3. The Labute approximate surface area is 235 Å². The van der Waals surface area contributed by atoms with Crippen molar-refractivity contribution in [3.05, 3.63) is 94.7 Å². The van der Waals surface area contributed by atoms with Crippen molar-refractivity contribution in [2.24, 2.45) is 0 Å². The maximum absolute atomic E-state index is 12.6. The van der Waals surface area contributed by atoms with Gasteiger partial charge in [-0.25, -0.2) is 0 Å². The number of esters is 1. The van der Waals surface area contributed by atoms with Crippen molar-refractivity contribution >= 4 is 28.9 Å². The number of amides is 1. The molecule has 0 unspecified atom stereocenters. The normalized spacial score (nSPS) is 10.7. The molecule has 1 amide bonds. The summed E-state index contributed by atoms with van der Waals surface area (Å²) in [5.41, 5.74) is 5.08. The fraction of sp³-hybridized carbons (Fsp3) is 0.129. The Kier molecular flexibility index (Phi) is 7.65. The third-order valence-corrected chi connectivity index (χ3v) is 7.03. The van der Waals surface area contributed by atoms with Gasteiger partial charge >= 0.3 is 5.97 Å². The molecular formula is C31H27N3O5S. The number of carbonyl (C=O) groups is 2. The van der Waals surface area contributed by atoms with Gasteiger partial charge in [0.05, 0.1) is 30.3 Å². The van der Waals surface area contributed by atoms with Crippen molar-refractivity contribution in [2.45, 2.75) is 13.8 Å². The van der Waals surface area contributed by atoms with E-state index in [0.717, 1.165) is 22.4 Å². The third-order valence-electron chi connectivity index (χ3n) is 6.16. The van der Waals surface area contributed by atoms with Gasteiger partial charge in [-0.15, -0.1) is 11.3 Å². The Morgan fingerprint density at radius 2 is 1.62 bits per heavy atom. The number of carbonyl (C=O) groups excluding carboxylic acids is 2. The molecule has 2 heterocycles. The molecule has 5 rings (SSSR count). The number of anilines is 1. The Morgan fingerprint density at radius 1 is 0.875 bits per heavy atom. The highest BCUT2D eigenvalue weighted by Gasteiger charge is 2.25. The van der Waals surface area contributed by atoms with Crippen molar-refractivity contribution in [1.29, 1.82) is 0 Å². The van der Waals surface area contributed by atoms with E-state index in [1.807, 2.05) is 66.9 Å². The second-order valence-corrected chi connectivity index (χ2v) is 9.90. The number of aromatic nitrogens is 2. The van der Waals surface area contributed by atoms with Gasteiger partial charge in [-0.3, -0.25) is 9.59 Å². The van der Waals surface area contributed by atoms with Crippen molar-refractivity contribution in [1.82, 2.24) is 9.78 Å². The molecule has 0 saturated heterocycles. The fourth-order valence-electron chi connectivity index (χ4n) is 4.33. The zero-order valence-electron chi connectivity index (χ0n) is 22.4. The highest BCUT2D eigenvalue weighted by atomic mass is 32.1. The molecule has 0 aliphatic carbocycles. The van der Waals surface area contributed by atoms with Gasteiger partial charge in [-0.05, 0) is 72.0 Å². The lowest BCUT2D eigenvalue weighted by Gasteiger charge is -2.11. The Hall–Kier alpha value is -4.89. The predicted octanol–water partition coefficient (Wildman–Crippen LogP) is 6.77. The molecule has 202 valence electrons. The van der Waals surface area contributed by atoms with Crippen LogP contribution in [0.15, 0.2) is 84.2 Å². The topological polar surface area (TPSA) is 91.7 Å². The van der Waals surface area contributed by atoms with Gasteiger partial charge in [0.15, 0.2) is 11.5 Å². The predicted molar refractivity (Wildman–Crippen MR) is 156 cm³/mol. The van der Waals surface area contributed by atoms with E-state index in [1.54, 1.807) is 43.2 Å². The number of ether oxygens (including phenoxy) is 3. The van der Waals surface area contributed by atoms with Crippen LogP contribution in [0.25, 0.3) is 28.1 Å². The molecule has 0 saturated carbocycles. The van der Waals surface area contributed by atoms with E-state index in [-0.39, 0.29) is 11.8 Å². The van der Waals surface area contributed by atoms with E-state index in [1.165, 1.54) is 18.3 Å². The van der Waals surface area contributed by atoms with E-state index >= 15 is 0 Å².